The first-order valence-corrected chi connectivity index (χ1v) is 6.19. The molecule has 1 amide bonds. The van der Waals surface area contributed by atoms with Gasteiger partial charge < -0.3 is 9.64 Å². The van der Waals surface area contributed by atoms with Gasteiger partial charge >= 0.3 is 6.09 Å². The van der Waals surface area contributed by atoms with Crippen molar-refractivity contribution in [3.63, 3.8) is 0 Å². The van der Waals surface area contributed by atoms with Gasteiger partial charge in [0.25, 0.3) is 0 Å². The average Bonchev–Trinajstić information content (AvgIpc) is 2.83. The smallest absolute Gasteiger partial charge is 0.410 e. The Bertz CT molecular complexity index is 467. The second-order valence-electron chi connectivity index (χ2n) is 3.67. The Balaban J connectivity index is 1.92. The number of amides is 1. The van der Waals surface area contributed by atoms with Gasteiger partial charge in [0.1, 0.15) is 5.75 Å². The normalized spacial score (nSPS) is 9.94. The van der Waals surface area contributed by atoms with Crippen LogP contribution >= 0.6 is 11.3 Å². The number of benzene rings is 1. The van der Waals surface area contributed by atoms with Crippen molar-refractivity contribution in [2.24, 2.45) is 0 Å². The lowest BCUT2D eigenvalue weighted by atomic mass is 10.3. The van der Waals surface area contributed by atoms with E-state index in [2.05, 4.69) is 0 Å². The van der Waals surface area contributed by atoms with Crippen molar-refractivity contribution in [3.8, 4) is 5.75 Å². The maximum absolute atomic E-state index is 11.7. The molecule has 88 valence electrons. The van der Waals surface area contributed by atoms with Crippen LogP contribution in [-0.2, 0) is 6.54 Å². The van der Waals surface area contributed by atoms with Crippen molar-refractivity contribution in [1.29, 1.82) is 0 Å². The molecular weight excluding hydrogens is 234 g/mol. The van der Waals surface area contributed by atoms with Gasteiger partial charge in [-0.25, -0.2) is 4.79 Å². The van der Waals surface area contributed by atoms with Crippen LogP contribution in [0.5, 0.6) is 5.75 Å². The number of carbonyl (C=O) groups excluding carboxylic acids is 1. The quantitative estimate of drug-likeness (QED) is 0.832. The van der Waals surface area contributed by atoms with Gasteiger partial charge in [-0.05, 0) is 34.5 Å². The van der Waals surface area contributed by atoms with Gasteiger partial charge in [0.2, 0.25) is 0 Å². The van der Waals surface area contributed by atoms with Crippen molar-refractivity contribution in [1.82, 2.24) is 4.90 Å². The lowest BCUT2D eigenvalue weighted by molar-refractivity contribution is 0.161. The highest BCUT2D eigenvalue weighted by atomic mass is 32.1. The van der Waals surface area contributed by atoms with Gasteiger partial charge in [-0.15, -0.1) is 0 Å². The fourth-order valence-electron chi connectivity index (χ4n) is 1.39. The summed E-state index contributed by atoms with van der Waals surface area (Å²) in [5.74, 6) is 0.565. The first kappa shape index (κ1) is 11.7. The minimum absolute atomic E-state index is 0.345. The summed E-state index contributed by atoms with van der Waals surface area (Å²) in [5.41, 5.74) is 1.11. The zero-order chi connectivity index (χ0) is 12.1. The predicted octanol–water partition coefficient (Wildman–Crippen LogP) is 3.38. The lowest BCUT2D eigenvalue weighted by Gasteiger charge is -2.15. The Labute approximate surface area is 104 Å². The van der Waals surface area contributed by atoms with Gasteiger partial charge in [-0.3, -0.25) is 0 Å². The average molecular weight is 247 g/mol. The molecule has 0 aliphatic carbocycles. The number of ether oxygens (including phenoxy) is 1. The van der Waals surface area contributed by atoms with Crippen molar-refractivity contribution in [2.45, 2.75) is 6.54 Å². The summed E-state index contributed by atoms with van der Waals surface area (Å²) in [6, 6.07) is 11.1. The molecule has 1 aromatic carbocycles. The maximum atomic E-state index is 11.7. The molecule has 17 heavy (non-hydrogen) atoms. The molecule has 0 fully saturated rings. The van der Waals surface area contributed by atoms with Crippen LogP contribution in [0.1, 0.15) is 5.56 Å². The Hall–Kier alpha value is -1.81. The summed E-state index contributed by atoms with van der Waals surface area (Å²) >= 11 is 1.62. The largest absolute Gasteiger partial charge is 0.415 e. The van der Waals surface area contributed by atoms with Gasteiger partial charge in [0, 0.05) is 13.6 Å². The van der Waals surface area contributed by atoms with E-state index in [1.54, 1.807) is 35.4 Å². The van der Waals surface area contributed by atoms with Crippen LogP contribution in [0.4, 0.5) is 4.79 Å². The van der Waals surface area contributed by atoms with Crippen molar-refractivity contribution in [2.75, 3.05) is 7.05 Å². The van der Waals surface area contributed by atoms with Gasteiger partial charge in [-0.1, -0.05) is 18.2 Å². The van der Waals surface area contributed by atoms with Crippen LogP contribution in [0.2, 0.25) is 0 Å². The Morgan fingerprint density at radius 3 is 2.71 bits per heavy atom. The topological polar surface area (TPSA) is 29.5 Å². The van der Waals surface area contributed by atoms with Crippen molar-refractivity contribution < 1.29 is 9.53 Å². The number of nitrogens with zero attached hydrogens (tertiary/aromatic N) is 1. The molecule has 0 aliphatic heterocycles. The van der Waals surface area contributed by atoms with E-state index in [0.29, 0.717) is 12.3 Å². The number of rotatable bonds is 3. The highest BCUT2D eigenvalue weighted by molar-refractivity contribution is 7.07. The highest BCUT2D eigenvalue weighted by Gasteiger charge is 2.11. The van der Waals surface area contributed by atoms with Crippen LogP contribution < -0.4 is 4.74 Å². The highest BCUT2D eigenvalue weighted by Crippen LogP contribution is 2.12. The third-order valence-electron chi connectivity index (χ3n) is 2.26. The van der Waals surface area contributed by atoms with Gasteiger partial charge in [0.15, 0.2) is 0 Å². The minimum atomic E-state index is -0.345. The Morgan fingerprint density at radius 1 is 1.29 bits per heavy atom. The molecule has 0 radical (unpaired) electrons. The summed E-state index contributed by atoms with van der Waals surface area (Å²) in [7, 11) is 1.73. The molecular formula is C13H13NO2S. The number of carbonyl (C=O) groups is 1. The molecule has 0 aliphatic rings. The molecule has 0 unspecified atom stereocenters. The maximum Gasteiger partial charge on any atom is 0.415 e. The van der Waals surface area contributed by atoms with Crippen LogP contribution in [0.3, 0.4) is 0 Å². The Kier molecular flexibility index (Phi) is 3.77. The van der Waals surface area contributed by atoms with E-state index in [4.69, 9.17) is 4.74 Å². The van der Waals surface area contributed by atoms with E-state index in [1.165, 1.54) is 0 Å². The third kappa shape index (κ3) is 3.32. The number of hydrogen-bond donors (Lipinski definition) is 0. The van der Waals surface area contributed by atoms with Crippen LogP contribution in [0.15, 0.2) is 47.2 Å². The fourth-order valence-corrected chi connectivity index (χ4v) is 2.05. The third-order valence-corrected chi connectivity index (χ3v) is 2.99. The molecule has 0 saturated carbocycles. The van der Waals surface area contributed by atoms with Crippen LogP contribution in [0.25, 0.3) is 0 Å². The first-order chi connectivity index (χ1) is 8.25. The number of para-hydroxylation sites is 1. The molecule has 4 heteroatoms. The second kappa shape index (κ2) is 5.50. The van der Waals surface area contributed by atoms with E-state index in [9.17, 15) is 4.79 Å². The summed E-state index contributed by atoms with van der Waals surface area (Å²) < 4.78 is 5.22. The molecule has 2 rings (SSSR count). The van der Waals surface area contributed by atoms with E-state index in [-0.39, 0.29) is 6.09 Å². The van der Waals surface area contributed by atoms with Crippen LogP contribution in [0, 0.1) is 0 Å². The molecule has 2 aromatic rings. The van der Waals surface area contributed by atoms with Gasteiger partial charge in [0.05, 0.1) is 0 Å². The molecule has 1 aromatic heterocycles. The van der Waals surface area contributed by atoms with Crippen molar-refractivity contribution in [3.05, 3.63) is 52.7 Å². The fraction of sp³-hybridized carbons (Fsp3) is 0.154. The monoisotopic (exact) mass is 247 g/mol. The predicted molar refractivity (Wildman–Crippen MR) is 68.3 cm³/mol. The summed E-state index contributed by atoms with van der Waals surface area (Å²) in [6.07, 6.45) is -0.345. The SMILES string of the molecule is CN(Cc1ccsc1)C(=O)Oc1ccccc1. The molecule has 0 atom stereocenters. The van der Waals surface area contributed by atoms with Gasteiger partial charge in [-0.2, -0.15) is 11.3 Å². The summed E-state index contributed by atoms with van der Waals surface area (Å²) in [6.45, 7) is 0.565. The molecule has 3 nitrogen and oxygen atoms in total. The Morgan fingerprint density at radius 2 is 2.06 bits per heavy atom. The lowest BCUT2D eigenvalue weighted by Crippen LogP contribution is -2.28. The molecule has 1 heterocycles. The zero-order valence-corrected chi connectivity index (χ0v) is 10.3. The van der Waals surface area contributed by atoms with E-state index in [0.717, 1.165) is 5.56 Å². The molecule has 0 N–H and O–H groups in total. The minimum Gasteiger partial charge on any atom is -0.410 e. The number of thiophene rings is 1. The summed E-state index contributed by atoms with van der Waals surface area (Å²) in [5, 5.41) is 4.01. The molecule has 0 saturated heterocycles. The van der Waals surface area contributed by atoms with Crippen molar-refractivity contribution >= 4 is 17.4 Å². The second-order valence-corrected chi connectivity index (χ2v) is 4.45. The zero-order valence-electron chi connectivity index (χ0n) is 9.50. The molecule has 0 bridgehead atoms. The van der Waals surface area contributed by atoms with E-state index >= 15 is 0 Å². The molecule has 0 spiro atoms. The van der Waals surface area contributed by atoms with E-state index in [1.807, 2.05) is 35.0 Å². The summed E-state index contributed by atoms with van der Waals surface area (Å²) in [4.78, 5) is 13.3. The van der Waals surface area contributed by atoms with E-state index < -0.39 is 0 Å². The van der Waals surface area contributed by atoms with Crippen LogP contribution in [-0.4, -0.2) is 18.0 Å². The number of hydrogen-bond acceptors (Lipinski definition) is 3. The standard InChI is InChI=1S/C13H13NO2S/c1-14(9-11-7-8-17-10-11)13(15)16-12-5-3-2-4-6-12/h2-8,10H,9H2,1H3. The first-order valence-electron chi connectivity index (χ1n) is 5.25.